The zero-order valence-electron chi connectivity index (χ0n) is 12.0. The topological polar surface area (TPSA) is 58.3 Å². The number of pyridine rings is 1. The van der Waals surface area contributed by atoms with E-state index in [0.29, 0.717) is 18.3 Å². The highest BCUT2D eigenvalue weighted by molar-refractivity contribution is 5.09. The normalized spacial score (nSPS) is 14.2. The Morgan fingerprint density at radius 3 is 2.85 bits per heavy atom. The fourth-order valence-electron chi connectivity index (χ4n) is 2.08. The van der Waals surface area contributed by atoms with E-state index in [1.807, 2.05) is 31.3 Å². The largest absolute Gasteiger partial charge is 0.464 e. The maximum atomic E-state index is 10.0. The third kappa shape index (κ3) is 4.47. The Hall–Kier alpha value is -1.65. The summed E-state index contributed by atoms with van der Waals surface area (Å²) in [6.45, 7) is 4.50. The second-order valence-corrected chi connectivity index (χ2v) is 5.17. The average Bonchev–Trinajstić information content (AvgIpc) is 2.90. The predicted octanol–water partition coefficient (Wildman–Crippen LogP) is 2.63. The molecular formula is C16H22N2O2. The fourth-order valence-corrected chi connectivity index (χ4v) is 2.08. The number of aryl methyl sites for hydroxylation is 2. The van der Waals surface area contributed by atoms with Gasteiger partial charge < -0.3 is 14.8 Å². The summed E-state index contributed by atoms with van der Waals surface area (Å²) in [5, 5.41) is 13.3. The van der Waals surface area contributed by atoms with Gasteiger partial charge >= 0.3 is 0 Å². The van der Waals surface area contributed by atoms with Crippen molar-refractivity contribution in [2.45, 2.75) is 38.8 Å². The molecule has 2 rings (SSSR count). The summed E-state index contributed by atoms with van der Waals surface area (Å²) in [6, 6.07) is 8.06. The molecule has 2 unspecified atom stereocenters. The van der Waals surface area contributed by atoms with Gasteiger partial charge in [0.1, 0.15) is 17.6 Å². The van der Waals surface area contributed by atoms with Crippen LogP contribution in [-0.4, -0.2) is 22.7 Å². The van der Waals surface area contributed by atoms with Gasteiger partial charge in [-0.3, -0.25) is 4.98 Å². The smallest absolute Gasteiger partial charge is 0.133 e. The monoisotopic (exact) mass is 274 g/mol. The Morgan fingerprint density at radius 2 is 2.20 bits per heavy atom. The van der Waals surface area contributed by atoms with Crippen molar-refractivity contribution >= 4 is 0 Å². The van der Waals surface area contributed by atoms with E-state index in [0.717, 1.165) is 18.6 Å². The number of furan rings is 1. The summed E-state index contributed by atoms with van der Waals surface area (Å²) in [7, 11) is 0. The summed E-state index contributed by atoms with van der Waals surface area (Å²) in [5.74, 6) is 1.44. The minimum atomic E-state index is -0.593. The summed E-state index contributed by atoms with van der Waals surface area (Å²) in [6.07, 6.45) is 5.08. The van der Waals surface area contributed by atoms with Crippen LogP contribution in [0.15, 0.2) is 41.1 Å². The number of nitrogens with one attached hydrogen (secondary N) is 1. The molecule has 0 aliphatic heterocycles. The highest BCUT2D eigenvalue weighted by Crippen LogP contribution is 2.15. The Balaban J connectivity index is 1.71. The van der Waals surface area contributed by atoms with Crippen LogP contribution < -0.4 is 5.32 Å². The summed E-state index contributed by atoms with van der Waals surface area (Å²) < 4.78 is 5.41. The Bertz CT molecular complexity index is 510. The molecule has 0 bridgehead atoms. The van der Waals surface area contributed by atoms with Crippen LogP contribution in [0.4, 0.5) is 0 Å². The number of aliphatic hydroxyl groups excluding tert-OH is 1. The molecule has 0 aliphatic rings. The highest BCUT2D eigenvalue weighted by Gasteiger charge is 2.12. The molecule has 2 N–H and O–H groups in total. The minimum Gasteiger partial charge on any atom is -0.464 e. The Kier molecular flexibility index (Phi) is 5.32. The predicted molar refractivity (Wildman–Crippen MR) is 78.4 cm³/mol. The van der Waals surface area contributed by atoms with Gasteiger partial charge in [0.2, 0.25) is 0 Å². The van der Waals surface area contributed by atoms with Crippen molar-refractivity contribution in [3.8, 4) is 0 Å². The summed E-state index contributed by atoms with van der Waals surface area (Å²) in [5.41, 5.74) is 1.24. The fraction of sp³-hybridized carbons (Fsp3) is 0.438. The molecule has 0 spiro atoms. The van der Waals surface area contributed by atoms with Crippen molar-refractivity contribution in [3.05, 3.63) is 53.7 Å². The first-order valence-electron chi connectivity index (χ1n) is 7.02. The maximum absolute atomic E-state index is 10.0. The number of hydrogen-bond acceptors (Lipinski definition) is 4. The summed E-state index contributed by atoms with van der Waals surface area (Å²) >= 11 is 0. The second kappa shape index (κ2) is 7.22. The zero-order chi connectivity index (χ0) is 14.4. The van der Waals surface area contributed by atoms with Gasteiger partial charge in [-0.2, -0.15) is 0 Å². The van der Waals surface area contributed by atoms with Gasteiger partial charge in [-0.15, -0.1) is 0 Å². The molecule has 2 heterocycles. The van der Waals surface area contributed by atoms with E-state index in [4.69, 9.17) is 4.42 Å². The lowest BCUT2D eigenvalue weighted by Crippen LogP contribution is -2.30. The second-order valence-electron chi connectivity index (χ2n) is 5.17. The molecule has 2 atom stereocenters. The van der Waals surface area contributed by atoms with Crippen LogP contribution in [0.5, 0.6) is 0 Å². The van der Waals surface area contributed by atoms with E-state index < -0.39 is 6.10 Å². The molecule has 0 fully saturated rings. The number of hydrogen-bond donors (Lipinski definition) is 2. The third-order valence-corrected chi connectivity index (χ3v) is 3.34. The zero-order valence-corrected chi connectivity index (χ0v) is 12.0. The van der Waals surface area contributed by atoms with Gasteiger partial charge in [-0.25, -0.2) is 0 Å². The number of aliphatic hydroxyl groups is 1. The van der Waals surface area contributed by atoms with Gasteiger partial charge in [-0.05, 0) is 50.5 Å². The molecule has 0 amide bonds. The van der Waals surface area contributed by atoms with Crippen LogP contribution in [-0.2, 0) is 6.42 Å². The molecule has 20 heavy (non-hydrogen) atoms. The van der Waals surface area contributed by atoms with Gasteiger partial charge in [0.15, 0.2) is 0 Å². The van der Waals surface area contributed by atoms with E-state index in [9.17, 15) is 5.11 Å². The lowest BCUT2D eigenvalue weighted by molar-refractivity contribution is 0.142. The molecule has 2 aromatic rings. The minimum absolute atomic E-state index is 0.334. The van der Waals surface area contributed by atoms with E-state index >= 15 is 0 Å². The van der Waals surface area contributed by atoms with E-state index in [1.54, 1.807) is 6.20 Å². The Morgan fingerprint density at radius 1 is 1.35 bits per heavy atom. The first-order chi connectivity index (χ1) is 9.65. The third-order valence-electron chi connectivity index (χ3n) is 3.34. The molecule has 4 nitrogen and oxygen atoms in total. The van der Waals surface area contributed by atoms with Gasteiger partial charge in [0, 0.05) is 25.0 Å². The van der Waals surface area contributed by atoms with Crippen molar-refractivity contribution in [1.82, 2.24) is 10.3 Å². The lowest BCUT2D eigenvalue weighted by atomic mass is 10.1. The Labute approximate surface area is 119 Å². The number of rotatable bonds is 7. The van der Waals surface area contributed by atoms with Crippen molar-refractivity contribution in [3.63, 3.8) is 0 Å². The van der Waals surface area contributed by atoms with Crippen LogP contribution in [0.1, 0.15) is 36.5 Å². The first-order valence-corrected chi connectivity index (χ1v) is 7.02. The highest BCUT2D eigenvalue weighted by atomic mass is 16.4. The van der Waals surface area contributed by atoms with Crippen LogP contribution in [0.25, 0.3) is 0 Å². The van der Waals surface area contributed by atoms with Crippen molar-refractivity contribution in [1.29, 1.82) is 0 Å². The average molecular weight is 274 g/mol. The molecule has 0 radical (unpaired) electrons. The maximum Gasteiger partial charge on any atom is 0.133 e. The van der Waals surface area contributed by atoms with Crippen LogP contribution in [0, 0.1) is 6.92 Å². The number of nitrogens with zero attached hydrogens (tertiary/aromatic N) is 1. The van der Waals surface area contributed by atoms with Crippen molar-refractivity contribution in [2.24, 2.45) is 0 Å². The van der Waals surface area contributed by atoms with Crippen LogP contribution >= 0.6 is 0 Å². The molecule has 2 aromatic heterocycles. The van der Waals surface area contributed by atoms with Gasteiger partial charge in [0.25, 0.3) is 0 Å². The summed E-state index contributed by atoms with van der Waals surface area (Å²) in [4.78, 5) is 4.11. The molecule has 0 saturated heterocycles. The SMILES string of the molecule is Cc1ccc(C(O)CNC(C)CCc2cccnc2)o1. The quantitative estimate of drug-likeness (QED) is 0.815. The molecule has 4 heteroatoms. The van der Waals surface area contributed by atoms with Crippen LogP contribution in [0.3, 0.4) is 0 Å². The molecule has 108 valence electrons. The van der Waals surface area contributed by atoms with Crippen molar-refractivity contribution in [2.75, 3.05) is 6.54 Å². The molecular weight excluding hydrogens is 252 g/mol. The van der Waals surface area contributed by atoms with E-state index in [2.05, 4.69) is 23.3 Å². The van der Waals surface area contributed by atoms with Crippen molar-refractivity contribution < 1.29 is 9.52 Å². The lowest BCUT2D eigenvalue weighted by Gasteiger charge is -2.16. The van der Waals surface area contributed by atoms with E-state index in [-0.39, 0.29) is 0 Å². The first kappa shape index (κ1) is 14.8. The van der Waals surface area contributed by atoms with Gasteiger partial charge in [-0.1, -0.05) is 6.07 Å². The number of aromatic nitrogens is 1. The molecule has 0 aliphatic carbocycles. The van der Waals surface area contributed by atoms with Gasteiger partial charge in [0.05, 0.1) is 0 Å². The van der Waals surface area contributed by atoms with Crippen LogP contribution in [0.2, 0.25) is 0 Å². The standard InChI is InChI=1S/C16H22N2O2/c1-12(5-7-14-4-3-9-17-10-14)18-11-15(19)16-8-6-13(2)20-16/h3-4,6,8-10,12,15,18-19H,5,7,11H2,1-2H3. The van der Waals surface area contributed by atoms with E-state index in [1.165, 1.54) is 5.56 Å². The molecule has 0 saturated carbocycles. The molecule has 0 aromatic carbocycles.